The number of ether oxygens (including phenoxy) is 2. The quantitative estimate of drug-likeness (QED) is 0.753. The molecule has 1 aliphatic rings. The SMILES string of the molecule is O=C(CCC(=O)N1CCOCC1)NCc1cccnc1OCc1ccccc1. The molecule has 2 amide bonds. The van der Waals surface area contributed by atoms with Gasteiger partial charge < -0.3 is 19.7 Å². The largest absolute Gasteiger partial charge is 0.473 e. The van der Waals surface area contributed by atoms with E-state index in [4.69, 9.17) is 9.47 Å². The summed E-state index contributed by atoms with van der Waals surface area (Å²) < 4.78 is 11.0. The van der Waals surface area contributed by atoms with Crippen LogP contribution in [0.2, 0.25) is 0 Å². The minimum absolute atomic E-state index is 0.00767. The molecule has 1 aliphatic heterocycles. The molecular weight excluding hydrogens is 358 g/mol. The first-order chi connectivity index (χ1) is 13.7. The van der Waals surface area contributed by atoms with Crippen LogP contribution in [0.25, 0.3) is 0 Å². The molecule has 3 rings (SSSR count). The maximum absolute atomic E-state index is 12.1. The fourth-order valence-corrected chi connectivity index (χ4v) is 2.89. The number of amides is 2. The van der Waals surface area contributed by atoms with Crippen LogP contribution in [0.1, 0.15) is 24.0 Å². The van der Waals surface area contributed by atoms with Gasteiger partial charge in [-0.25, -0.2) is 4.98 Å². The normalized spacial score (nSPS) is 13.8. The van der Waals surface area contributed by atoms with E-state index in [0.717, 1.165) is 11.1 Å². The molecule has 1 saturated heterocycles. The van der Waals surface area contributed by atoms with Crippen LogP contribution in [0.4, 0.5) is 0 Å². The smallest absolute Gasteiger partial charge is 0.223 e. The van der Waals surface area contributed by atoms with Crippen LogP contribution in [0, 0.1) is 0 Å². The van der Waals surface area contributed by atoms with Gasteiger partial charge in [0.15, 0.2) is 0 Å². The van der Waals surface area contributed by atoms with Gasteiger partial charge >= 0.3 is 0 Å². The number of hydrogen-bond donors (Lipinski definition) is 1. The first kappa shape index (κ1) is 19.8. The van der Waals surface area contributed by atoms with Crippen molar-refractivity contribution in [2.45, 2.75) is 26.0 Å². The highest BCUT2D eigenvalue weighted by Gasteiger charge is 2.17. The topological polar surface area (TPSA) is 80.8 Å². The van der Waals surface area contributed by atoms with Crippen LogP contribution in [-0.2, 0) is 27.5 Å². The molecule has 0 spiro atoms. The Kier molecular flexibility index (Phi) is 7.37. The Hall–Kier alpha value is -2.93. The average Bonchev–Trinajstić information content (AvgIpc) is 2.76. The van der Waals surface area contributed by atoms with Crippen molar-refractivity contribution in [2.24, 2.45) is 0 Å². The number of carbonyl (C=O) groups excluding carboxylic acids is 2. The van der Waals surface area contributed by atoms with Crippen LogP contribution in [0.15, 0.2) is 48.7 Å². The first-order valence-electron chi connectivity index (χ1n) is 9.45. The Morgan fingerprint density at radius 1 is 1.07 bits per heavy atom. The molecule has 0 atom stereocenters. The van der Waals surface area contributed by atoms with Crippen LogP contribution in [0.5, 0.6) is 5.88 Å². The second-order valence-corrected chi connectivity index (χ2v) is 6.51. The minimum Gasteiger partial charge on any atom is -0.473 e. The molecule has 2 aromatic rings. The van der Waals surface area contributed by atoms with Crippen molar-refractivity contribution in [3.63, 3.8) is 0 Å². The molecule has 0 saturated carbocycles. The molecule has 148 valence electrons. The highest BCUT2D eigenvalue weighted by atomic mass is 16.5. The van der Waals surface area contributed by atoms with Gasteiger partial charge in [0, 0.05) is 44.2 Å². The zero-order chi connectivity index (χ0) is 19.6. The van der Waals surface area contributed by atoms with Crippen molar-refractivity contribution in [2.75, 3.05) is 26.3 Å². The molecule has 1 aromatic heterocycles. The lowest BCUT2D eigenvalue weighted by molar-refractivity contribution is -0.137. The van der Waals surface area contributed by atoms with Crippen LogP contribution in [0.3, 0.4) is 0 Å². The van der Waals surface area contributed by atoms with Crippen molar-refractivity contribution >= 4 is 11.8 Å². The molecule has 7 nitrogen and oxygen atoms in total. The Morgan fingerprint density at radius 2 is 1.86 bits per heavy atom. The van der Waals surface area contributed by atoms with Crippen molar-refractivity contribution in [3.8, 4) is 5.88 Å². The highest BCUT2D eigenvalue weighted by molar-refractivity contribution is 5.83. The zero-order valence-corrected chi connectivity index (χ0v) is 15.8. The maximum Gasteiger partial charge on any atom is 0.223 e. The molecule has 0 bridgehead atoms. The van der Waals surface area contributed by atoms with E-state index < -0.39 is 0 Å². The van der Waals surface area contributed by atoms with Crippen LogP contribution in [-0.4, -0.2) is 48.0 Å². The summed E-state index contributed by atoms with van der Waals surface area (Å²) in [7, 11) is 0. The lowest BCUT2D eigenvalue weighted by atomic mass is 10.2. The van der Waals surface area contributed by atoms with Crippen molar-refractivity contribution in [1.29, 1.82) is 0 Å². The molecule has 1 fully saturated rings. The molecule has 2 heterocycles. The molecule has 7 heteroatoms. The molecule has 0 radical (unpaired) electrons. The maximum atomic E-state index is 12.1. The van der Waals surface area contributed by atoms with Gasteiger partial charge in [0.05, 0.1) is 13.2 Å². The van der Waals surface area contributed by atoms with Crippen molar-refractivity contribution in [3.05, 3.63) is 59.8 Å². The summed E-state index contributed by atoms with van der Waals surface area (Å²) in [6, 6.07) is 13.5. The molecule has 1 aromatic carbocycles. The second-order valence-electron chi connectivity index (χ2n) is 6.51. The summed E-state index contributed by atoms with van der Waals surface area (Å²) in [4.78, 5) is 30.2. The number of carbonyl (C=O) groups is 2. The summed E-state index contributed by atoms with van der Waals surface area (Å²) >= 11 is 0. The van der Waals surface area contributed by atoms with Gasteiger partial charge in [-0.1, -0.05) is 36.4 Å². The summed E-state index contributed by atoms with van der Waals surface area (Å²) in [5.74, 6) is 0.322. The third-order valence-corrected chi connectivity index (χ3v) is 4.47. The molecule has 1 N–H and O–H groups in total. The van der Waals surface area contributed by atoms with E-state index in [2.05, 4.69) is 10.3 Å². The lowest BCUT2D eigenvalue weighted by Crippen LogP contribution is -2.41. The van der Waals surface area contributed by atoms with Gasteiger partial charge in [0.1, 0.15) is 6.61 Å². The molecule has 28 heavy (non-hydrogen) atoms. The van der Waals surface area contributed by atoms with Gasteiger partial charge in [0.25, 0.3) is 0 Å². The Morgan fingerprint density at radius 3 is 2.64 bits per heavy atom. The Labute approximate surface area is 164 Å². The highest BCUT2D eigenvalue weighted by Crippen LogP contribution is 2.16. The van der Waals surface area contributed by atoms with Gasteiger partial charge in [-0.05, 0) is 11.6 Å². The van der Waals surface area contributed by atoms with E-state index >= 15 is 0 Å². The van der Waals surface area contributed by atoms with E-state index in [9.17, 15) is 9.59 Å². The zero-order valence-electron chi connectivity index (χ0n) is 15.8. The van der Waals surface area contributed by atoms with Gasteiger partial charge in [-0.15, -0.1) is 0 Å². The summed E-state index contributed by atoms with van der Waals surface area (Å²) in [5, 5.41) is 2.84. The monoisotopic (exact) mass is 383 g/mol. The van der Waals surface area contributed by atoms with Gasteiger partial charge in [0.2, 0.25) is 17.7 Å². The number of benzene rings is 1. The van der Waals surface area contributed by atoms with E-state index in [-0.39, 0.29) is 24.7 Å². The fraction of sp³-hybridized carbons (Fsp3) is 0.381. The number of rotatable bonds is 8. The number of pyridine rings is 1. The van der Waals surface area contributed by atoms with Gasteiger partial charge in [-0.2, -0.15) is 0 Å². The van der Waals surface area contributed by atoms with Crippen molar-refractivity contribution < 1.29 is 19.1 Å². The minimum atomic E-state index is -0.167. The number of hydrogen-bond acceptors (Lipinski definition) is 5. The van der Waals surface area contributed by atoms with E-state index in [1.54, 1.807) is 17.2 Å². The molecular formula is C21H25N3O4. The van der Waals surface area contributed by atoms with E-state index in [1.807, 2.05) is 36.4 Å². The van der Waals surface area contributed by atoms with Crippen molar-refractivity contribution in [1.82, 2.24) is 15.2 Å². The number of aromatic nitrogens is 1. The third-order valence-electron chi connectivity index (χ3n) is 4.47. The van der Waals surface area contributed by atoms with E-state index in [1.165, 1.54) is 0 Å². The predicted molar refractivity (Wildman–Crippen MR) is 103 cm³/mol. The number of nitrogens with one attached hydrogen (secondary N) is 1. The summed E-state index contributed by atoms with van der Waals surface area (Å²) in [6.07, 6.45) is 2.03. The second kappa shape index (κ2) is 10.4. The fourth-order valence-electron chi connectivity index (χ4n) is 2.89. The van der Waals surface area contributed by atoms with E-state index in [0.29, 0.717) is 45.3 Å². The average molecular weight is 383 g/mol. The molecule has 0 aliphatic carbocycles. The predicted octanol–water partition coefficient (Wildman–Crippen LogP) is 1.92. The first-order valence-corrected chi connectivity index (χ1v) is 9.45. The summed E-state index contributed by atoms with van der Waals surface area (Å²) in [6.45, 7) is 3.03. The number of morpholine rings is 1. The Bertz CT molecular complexity index is 776. The summed E-state index contributed by atoms with van der Waals surface area (Å²) in [5.41, 5.74) is 1.84. The Balaban J connectivity index is 1.44. The van der Waals surface area contributed by atoms with Crippen LogP contribution >= 0.6 is 0 Å². The van der Waals surface area contributed by atoms with Gasteiger partial charge in [-0.3, -0.25) is 9.59 Å². The van der Waals surface area contributed by atoms with Crippen LogP contribution < -0.4 is 10.1 Å². The lowest BCUT2D eigenvalue weighted by Gasteiger charge is -2.26. The number of nitrogens with zero attached hydrogens (tertiary/aromatic N) is 2. The standard InChI is InChI=1S/C21H25N3O4/c25-19(8-9-20(26)24-11-13-27-14-12-24)23-15-18-7-4-10-22-21(18)28-16-17-5-2-1-3-6-17/h1-7,10H,8-9,11-16H2,(H,23,25). The third kappa shape index (κ3) is 6.06. The molecule has 0 unspecified atom stereocenters.